The van der Waals surface area contributed by atoms with Crippen molar-refractivity contribution in [1.29, 1.82) is 0 Å². The molecule has 2 fully saturated rings. The van der Waals surface area contributed by atoms with Crippen LogP contribution in [0.1, 0.15) is 25.5 Å². The van der Waals surface area contributed by atoms with Crippen LogP contribution in [0.5, 0.6) is 5.75 Å². The predicted molar refractivity (Wildman–Crippen MR) is 121 cm³/mol. The molecule has 2 heterocycles. The molecule has 0 aromatic heterocycles. The molecule has 3 aromatic rings. The molecule has 6 nitrogen and oxygen atoms in total. The van der Waals surface area contributed by atoms with E-state index in [4.69, 9.17) is 9.57 Å². The minimum Gasteiger partial charge on any atom is -0.494 e. The monoisotopic (exact) mass is 428 g/mol. The van der Waals surface area contributed by atoms with Gasteiger partial charge in [0.15, 0.2) is 6.10 Å². The van der Waals surface area contributed by atoms with Gasteiger partial charge in [-0.1, -0.05) is 48.5 Å². The first-order chi connectivity index (χ1) is 15.6. The topological polar surface area (TPSA) is 59.1 Å². The van der Waals surface area contributed by atoms with E-state index in [0.717, 1.165) is 11.3 Å². The van der Waals surface area contributed by atoms with Crippen molar-refractivity contribution >= 4 is 23.2 Å². The molecule has 0 bridgehead atoms. The van der Waals surface area contributed by atoms with Crippen LogP contribution in [0.3, 0.4) is 0 Å². The molecule has 2 aliphatic rings. The molecule has 6 heteroatoms. The van der Waals surface area contributed by atoms with E-state index in [0.29, 0.717) is 18.0 Å². The molecule has 0 saturated carbocycles. The van der Waals surface area contributed by atoms with Crippen molar-refractivity contribution in [3.63, 3.8) is 0 Å². The Hall–Kier alpha value is -3.64. The standard InChI is InChI=1S/C26H24N2O4/c1-3-31-21-16-14-19(15-17-21)27-24(29)23-26(2,25(27)30)22(18-10-6-4-7-11-18)28(32-23)20-12-8-5-9-13-20/h4-17,22-23H,3H2,1-2H3/t22-,23+,26-/m1/s1. The maximum atomic E-state index is 13.9. The largest absolute Gasteiger partial charge is 0.494 e. The Morgan fingerprint density at radius 1 is 0.875 bits per heavy atom. The number of ether oxygens (including phenoxy) is 1. The number of carbonyl (C=O) groups is 2. The van der Waals surface area contributed by atoms with Crippen LogP contribution >= 0.6 is 0 Å². The SMILES string of the molecule is CCOc1ccc(N2C(=O)[C@@H]3ON(c4ccccc4)[C@H](c4ccccc4)[C@@]3(C)C2=O)cc1. The zero-order valence-electron chi connectivity index (χ0n) is 18.0. The third-order valence-electron chi connectivity index (χ3n) is 6.21. The molecule has 5 rings (SSSR count). The fourth-order valence-corrected chi connectivity index (χ4v) is 4.66. The Labute approximate surface area is 186 Å². The number of hydrogen-bond acceptors (Lipinski definition) is 5. The van der Waals surface area contributed by atoms with E-state index >= 15 is 0 Å². The molecule has 162 valence electrons. The molecule has 0 aliphatic carbocycles. The quantitative estimate of drug-likeness (QED) is 0.559. The number of imide groups is 1. The van der Waals surface area contributed by atoms with Crippen LogP contribution in [0, 0.1) is 5.41 Å². The van der Waals surface area contributed by atoms with Crippen LogP contribution in [-0.2, 0) is 14.4 Å². The second kappa shape index (κ2) is 7.80. The summed E-state index contributed by atoms with van der Waals surface area (Å²) in [7, 11) is 0. The van der Waals surface area contributed by atoms with Crippen molar-refractivity contribution in [2.24, 2.45) is 5.41 Å². The summed E-state index contributed by atoms with van der Waals surface area (Å²) in [5.74, 6) is 0.0559. The number of amides is 2. The van der Waals surface area contributed by atoms with Gasteiger partial charge >= 0.3 is 0 Å². The summed E-state index contributed by atoms with van der Waals surface area (Å²) in [4.78, 5) is 34.8. The van der Waals surface area contributed by atoms with E-state index in [9.17, 15) is 9.59 Å². The van der Waals surface area contributed by atoms with Gasteiger partial charge in [0.2, 0.25) is 5.91 Å². The number of hydroxylamine groups is 1. The molecule has 0 unspecified atom stereocenters. The predicted octanol–water partition coefficient (Wildman–Crippen LogP) is 4.53. The Balaban J connectivity index is 1.57. The molecule has 3 aromatic carbocycles. The summed E-state index contributed by atoms with van der Waals surface area (Å²) in [5.41, 5.74) is 1.13. The minimum absolute atomic E-state index is 0.274. The van der Waals surface area contributed by atoms with E-state index < -0.39 is 17.6 Å². The average Bonchev–Trinajstić information content (AvgIpc) is 3.24. The van der Waals surface area contributed by atoms with Gasteiger partial charge in [0.25, 0.3) is 5.91 Å². The summed E-state index contributed by atoms with van der Waals surface area (Å²) in [6.45, 7) is 4.28. The second-order valence-electron chi connectivity index (χ2n) is 8.15. The number of carbonyl (C=O) groups excluding carboxylic acids is 2. The first-order valence-corrected chi connectivity index (χ1v) is 10.7. The first-order valence-electron chi connectivity index (χ1n) is 10.7. The number of hydrogen-bond donors (Lipinski definition) is 0. The molecule has 2 saturated heterocycles. The van der Waals surface area contributed by atoms with Crippen LogP contribution in [-0.4, -0.2) is 24.5 Å². The van der Waals surface area contributed by atoms with Gasteiger partial charge in [-0.2, -0.15) is 0 Å². The highest BCUT2D eigenvalue weighted by molar-refractivity contribution is 6.25. The van der Waals surface area contributed by atoms with Crippen LogP contribution < -0.4 is 14.7 Å². The van der Waals surface area contributed by atoms with Gasteiger partial charge in [-0.25, -0.2) is 9.96 Å². The Morgan fingerprint density at radius 3 is 2.12 bits per heavy atom. The lowest BCUT2D eigenvalue weighted by Crippen LogP contribution is -2.41. The zero-order chi connectivity index (χ0) is 22.3. The molecule has 32 heavy (non-hydrogen) atoms. The number of anilines is 2. The highest BCUT2D eigenvalue weighted by Gasteiger charge is 2.68. The Morgan fingerprint density at radius 2 is 1.50 bits per heavy atom. The summed E-state index contributed by atoms with van der Waals surface area (Å²) in [5, 5.41) is 1.71. The summed E-state index contributed by atoms with van der Waals surface area (Å²) < 4.78 is 5.49. The van der Waals surface area contributed by atoms with Crippen LogP contribution in [0.25, 0.3) is 0 Å². The lowest BCUT2D eigenvalue weighted by Gasteiger charge is -2.32. The normalized spacial score (nSPS) is 24.7. The Kier molecular flexibility index (Phi) is 4.94. The van der Waals surface area contributed by atoms with Gasteiger partial charge in [0.05, 0.1) is 24.0 Å². The van der Waals surface area contributed by atoms with E-state index in [2.05, 4.69) is 0 Å². The van der Waals surface area contributed by atoms with Gasteiger partial charge in [-0.15, -0.1) is 0 Å². The summed E-state index contributed by atoms with van der Waals surface area (Å²) in [6, 6.07) is 25.8. The van der Waals surface area contributed by atoms with Gasteiger partial charge in [0.1, 0.15) is 11.2 Å². The van der Waals surface area contributed by atoms with Gasteiger partial charge in [0, 0.05) is 0 Å². The highest BCUT2D eigenvalue weighted by Crippen LogP contribution is 2.55. The van der Waals surface area contributed by atoms with E-state index in [1.807, 2.05) is 74.5 Å². The minimum atomic E-state index is -1.09. The van der Waals surface area contributed by atoms with Crippen LogP contribution in [0.2, 0.25) is 0 Å². The molecule has 2 amide bonds. The van der Waals surface area contributed by atoms with Gasteiger partial charge < -0.3 is 4.74 Å². The summed E-state index contributed by atoms with van der Waals surface area (Å²) >= 11 is 0. The molecule has 0 spiro atoms. The van der Waals surface area contributed by atoms with Crippen LogP contribution in [0.4, 0.5) is 11.4 Å². The highest BCUT2D eigenvalue weighted by atomic mass is 16.7. The molecular formula is C26H24N2O4. The molecular weight excluding hydrogens is 404 g/mol. The smallest absolute Gasteiger partial charge is 0.266 e. The number of nitrogens with zero attached hydrogens (tertiary/aromatic N) is 2. The lowest BCUT2D eigenvalue weighted by molar-refractivity contribution is -0.128. The lowest BCUT2D eigenvalue weighted by atomic mass is 9.76. The third-order valence-corrected chi connectivity index (χ3v) is 6.21. The second-order valence-corrected chi connectivity index (χ2v) is 8.15. The van der Waals surface area contributed by atoms with E-state index in [-0.39, 0.29) is 11.8 Å². The van der Waals surface area contributed by atoms with Crippen molar-refractivity contribution in [3.8, 4) is 5.75 Å². The Bertz CT molecular complexity index is 1130. The number of fused-ring (bicyclic) bond motifs is 1. The van der Waals surface area contributed by atoms with E-state index in [1.54, 1.807) is 29.3 Å². The number of para-hydroxylation sites is 1. The average molecular weight is 428 g/mol. The maximum absolute atomic E-state index is 13.9. The van der Waals surface area contributed by atoms with Crippen molar-refractivity contribution in [2.75, 3.05) is 16.6 Å². The maximum Gasteiger partial charge on any atom is 0.266 e. The van der Waals surface area contributed by atoms with Crippen molar-refractivity contribution in [1.82, 2.24) is 0 Å². The molecule has 0 radical (unpaired) electrons. The fourth-order valence-electron chi connectivity index (χ4n) is 4.66. The molecule has 3 atom stereocenters. The summed E-state index contributed by atoms with van der Waals surface area (Å²) in [6.07, 6.45) is -0.924. The third kappa shape index (κ3) is 2.99. The molecule has 0 N–H and O–H groups in total. The zero-order valence-corrected chi connectivity index (χ0v) is 18.0. The van der Waals surface area contributed by atoms with Crippen LogP contribution in [0.15, 0.2) is 84.9 Å². The fraction of sp³-hybridized carbons (Fsp3) is 0.231. The van der Waals surface area contributed by atoms with E-state index in [1.165, 1.54) is 4.90 Å². The first kappa shape index (κ1) is 20.3. The van der Waals surface area contributed by atoms with Gasteiger partial charge in [-0.05, 0) is 55.8 Å². The number of rotatable bonds is 5. The van der Waals surface area contributed by atoms with Crippen molar-refractivity contribution in [3.05, 3.63) is 90.5 Å². The molecule has 2 aliphatic heterocycles. The van der Waals surface area contributed by atoms with Gasteiger partial charge in [-0.3, -0.25) is 14.4 Å². The van der Waals surface area contributed by atoms with Crippen molar-refractivity contribution < 1.29 is 19.2 Å². The number of benzene rings is 3. The van der Waals surface area contributed by atoms with Crippen molar-refractivity contribution in [2.45, 2.75) is 26.0 Å².